The molecule has 20 heavy (non-hydrogen) atoms. The zero-order valence-electron chi connectivity index (χ0n) is 11.4. The van der Waals surface area contributed by atoms with Crippen molar-refractivity contribution >= 4 is 10.4 Å². The first kappa shape index (κ1) is 16.0. The number of aliphatic hydroxyl groups is 2. The second kappa shape index (κ2) is 4.85. The summed E-state index contributed by atoms with van der Waals surface area (Å²) < 4.78 is 47.5. The van der Waals surface area contributed by atoms with Crippen molar-refractivity contribution < 1.29 is 41.2 Å². The quantitative estimate of drug-likeness (QED) is 0.632. The number of rotatable bonds is 4. The highest BCUT2D eigenvalue weighted by Crippen LogP contribution is 2.54. The third-order valence-electron chi connectivity index (χ3n) is 2.93. The van der Waals surface area contributed by atoms with E-state index >= 15 is 0 Å². The van der Waals surface area contributed by atoms with Gasteiger partial charge in [0.1, 0.15) is 0 Å². The number of aliphatic hydroxyl groups excluding tert-OH is 1. The monoisotopic (exact) mass is 314 g/mol. The van der Waals surface area contributed by atoms with Gasteiger partial charge in [-0.05, 0) is 0 Å². The molecule has 0 aromatic carbocycles. The summed E-state index contributed by atoms with van der Waals surface area (Å²) in [4.78, 5) is 0. The van der Waals surface area contributed by atoms with E-state index < -0.39 is 33.9 Å². The Morgan fingerprint density at radius 3 is 2.35 bits per heavy atom. The molecule has 9 nitrogen and oxygen atoms in total. The molecular formula is C10H18O9S. The van der Waals surface area contributed by atoms with Crippen molar-refractivity contribution in [3.8, 4) is 0 Å². The van der Waals surface area contributed by atoms with E-state index in [0.29, 0.717) is 0 Å². The summed E-state index contributed by atoms with van der Waals surface area (Å²) in [7, 11) is -4.43. The zero-order valence-corrected chi connectivity index (χ0v) is 12.2. The predicted octanol–water partition coefficient (Wildman–Crippen LogP) is -0.952. The molecule has 0 bridgehead atoms. The van der Waals surface area contributed by atoms with Crippen molar-refractivity contribution in [2.75, 3.05) is 19.8 Å². The van der Waals surface area contributed by atoms with Gasteiger partial charge in [-0.2, -0.15) is 12.6 Å². The number of ether oxygens (including phenoxy) is 3. The van der Waals surface area contributed by atoms with Crippen LogP contribution < -0.4 is 0 Å². The van der Waals surface area contributed by atoms with Crippen LogP contribution in [0.15, 0.2) is 0 Å². The predicted molar refractivity (Wildman–Crippen MR) is 62.1 cm³/mol. The lowest BCUT2D eigenvalue weighted by atomic mass is 9.83. The molecule has 0 radical (unpaired) electrons. The summed E-state index contributed by atoms with van der Waals surface area (Å²) in [5, 5.41) is 19.0. The smallest absolute Gasteiger partial charge is 0.394 e. The van der Waals surface area contributed by atoms with Gasteiger partial charge in [-0.25, -0.2) is 4.18 Å². The average Bonchev–Trinajstić information content (AvgIpc) is 2.45. The van der Waals surface area contributed by atoms with E-state index in [1.54, 1.807) is 20.8 Å². The Morgan fingerprint density at radius 2 is 1.85 bits per heavy atom. The lowest BCUT2D eigenvalue weighted by molar-refractivity contribution is -0.578. The molecule has 1 unspecified atom stereocenters. The fourth-order valence-electron chi connectivity index (χ4n) is 1.86. The minimum Gasteiger partial charge on any atom is -0.394 e. The zero-order chi connectivity index (χ0) is 15.2. The van der Waals surface area contributed by atoms with Gasteiger partial charge in [-0.15, -0.1) is 0 Å². The molecule has 118 valence electrons. The van der Waals surface area contributed by atoms with E-state index in [0.717, 1.165) is 0 Å². The molecular weight excluding hydrogens is 296 g/mol. The van der Waals surface area contributed by atoms with Crippen LogP contribution in [0.3, 0.4) is 0 Å². The first-order valence-electron chi connectivity index (χ1n) is 5.98. The molecule has 2 aliphatic heterocycles. The summed E-state index contributed by atoms with van der Waals surface area (Å²) in [6, 6.07) is 0. The summed E-state index contributed by atoms with van der Waals surface area (Å²) in [5.74, 6) is -4.57. The van der Waals surface area contributed by atoms with E-state index in [1.165, 1.54) is 0 Å². The minimum atomic E-state index is -4.43. The van der Waals surface area contributed by atoms with Gasteiger partial charge in [-0.3, -0.25) is 9.47 Å². The van der Waals surface area contributed by atoms with E-state index in [4.69, 9.17) is 19.3 Å². The maximum Gasteiger partial charge on any atom is 0.407 e. The fraction of sp³-hybridized carbons (Fsp3) is 1.00. The molecule has 0 aliphatic carbocycles. The molecule has 0 aromatic heterocycles. The van der Waals surface area contributed by atoms with Gasteiger partial charge in [0.2, 0.25) is 0 Å². The third kappa shape index (κ3) is 2.46. The SMILES string of the molecule is CC(C)(C)C1(O)OS(=O)(=O)OC12OC(COCCO)O2. The Hall–Kier alpha value is -0.330. The third-order valence-corrected chi connectivity index (χ3v) is 3.80. The van der Waals surface area contributed by atoms with E-state index in [1.807, 2.05) is 0 Å². The summed E-state index contributed by atoms with van der Waals surface area (Å²) in [6.45, 7) is 4.49. The molecule has 2 N–H and O–H groups in total. The molecule has 0 amide bonds. The van der Waals surface area contributed by atoms with Crippen LogP contribution in [0.2, 0.25) is 0 Å². The van der Waals surface area contributed by atoms with Gasteiger partial charge >= 0.3 is 16.4 Å². The van der Waals surface area contributed by atoms with Gasteiger partial charge in [-0.1, -0.05) is 20.8 Å². The van der Waals surface area contributed by atoms with Crippen LogP contribution >= 0.6 is 0 Å². The maximum atomic E-state index is 11.4. The van der Waals surface area contributed by atoms with Crippen LogP contribution in [-0.2, 0) is 33.0 Å². The molecule has 2 fully saturated rings. The van der Waals surface area contributed by atoms with Crippen LogP contribution in [0.4, 0.5) is 0 Å². The van der Waals surface area contributed by atoms with Crippen LogP contribution in [0.5, 0.6) is 0 Å². The highest BCUT2D eigenvalue weighted by Gasteiger charge is 2.77. The highest BCUT2D eigenvalue weighted by molar-refractivity contribution is 7.82. The second-order valence-electron chi connectivity index (χ2n) is 5.49. The Kier molecular flexibility index (Phi) is 3.89. The number of hydrogen-bond acceptors (Lipinski definition) is 9. The largest absolute Gasteiger partial charge is 0.407 e. The van der Waals surface area contributed by atoms with Gasteiger partial charge in [0.25, 0.3) is 5.79 Å². The van der Waals surface area contributed by atoms with Crippen molar-refractivity contribution in [3.05, 3.63) is 0 Å². The standard InChI is InChI=1S/C10H18O9S/c1-8(2,3)9(12)10(19-20(13,14)18-9)16-7(17-10)6-15-5-4-11/h7,11-12H,4-6H2,1-3H3. The Labute approximate surface area is 116 Å². The van der Waals surface area contributed by atoms with Crippen molar-refractivity contribution in [2.24, 2.45) is 5.41 Å². The van der Waals surface area contributed by atoms with Crippen LogP contribution in [0, 0.1) is 5.41 Å². The maximum absolute atomic E-state index is 11.4. The molecule has 1 atom stereocenters. The lowest BCUT2D eigenvalue weighted by Crippen LogP contribution is -2.71. The first-order chi connectivity index (χ1) is 9.05. The van der Waals surface area contributed by atoms with Crippen LogP contribution in [-0.4, -0.2) is 56.5 Å². The average molecular weight is 314 g/mol. The molecule has 2 heterocycles. The topological polar surface area (TPSA) is 121 Å². The van der Waals surface area contributed by atoms with Crippen molar-refractivity contribution in [3.63, 3.8) is 0 Å². The molecule has 2 saturated heterocycles. The number of hydrogen-bond donors (Lipinski definition) is 2. The van der Waals surface area contributed by atoms with Gasteiger partial charge < -0.3 is 14.9 Å². The first-order valence-corrected chi connectivity index (χ1v) is 7.31. The van der Waals surface area contributed by atoms with E-state index in [-0.39, 0.29) is 19.8 Å². The molecule has 2 aliphatic rings. The summed E-state index contributed by atoms with van der Waals surface area (Å²) in [6.07, 6.45) is -0.924. The van der Waals surface area contributed by atoms with Crippen molar-refractivity contribution in [1.29, 1.82) is 0 Å². The van der Waals surface area contributed by atoms with Crippen LogP contribution in [0.25, 0.3) is 0 Å². The molecule has 0 saturated carbocycles. The fourth-order valence-corrected chi connectivity index (χ4v) is 3.00. The van der Waals surface area contributed by atoms with E-state index in [9.17, 15) is 13.5 Å². The summed E-state index contributed by atoms with van der Waals surface area (Å²) in [5.41, 5.74) is -1.06. The van der Waals surface area contributed by atoms with Crippen molar-refractivity contribution in [2.45, 2.75) is 38.8 Å². The Balaban J connectivity index is 2.11. The summed E-state index contributed by atoms with van der Waals surface area (Å²) >= 11 is 0. The molecule has 1 spiro atoms. The van der Waals surface area contributed by atoms with Gasteiger partial charge in [0.05, 0.1) is 19.8 Å². The molecule has 10 heteroatoms. The minimum absolute atomic E-state index is 0.0497. The lowest BCUT2D eigenvalue weighted by Gasteiger charge is -2.50. The van der Waals surface area contributed by atoms with Gasteiger partial charge in [0, 0.05) is 5.41 Å². The normalized spacial score (nSPS) is 40.0. The van der Waals surface area contributed by atoms with Crippen molar-refractivity contribution in [1.82, 2.24) is 0 Å². The second-order valence-corrected chi connectivity index (χ2v) is 6.64. The molecule has 2 rings (SSSR count). The molecule has 0 aromatic rings. The van der Waals surface area contributed by atoms with Gasteiger partial charge in [0.15, 0.2) is 6.29 Å². The highest BCUT2D eigenvalue weighted by atomic mass is 32.3. The van der Waals surface area contributed by atoms with Crippen LogP contribution in [0.1, 0.15) is 20.8 Å². The Morgan fingerprint density at radius 1 is 1.25 bits per heavy atom. The Bertz CT molecular complexity index is 462. The van der Waals surface area contributed by atoms with E-state index in [2.05, 4.69) is 8.37 Å².